The summed E-state index contributed by atoms with van der Waals surface area (Å²) in [7, 11) is 3.06. The summed E-state index contributed by atoms with van der Waals surface area (Å²) in [5.74, 6) is 0.764. The molecule has 1 aliphatic rings. The Morgan fingerprint density at radius 3 is 2.25 bits per heavy atom. The van der Waals surface area contributed by atoms with Gasteiger partial charge in [-0.05, 0) is 37.0 Å². The molecule has 0 aliphatic carbocycles. The number of nitrogens with zero attached hydrogens (tertiary/aromatic N) is 1. The Bertz CT molecular complexity index is 595. The first-order chi connectivity index (χ1) is 11.5. The quantitative estimate of drug-likeness (QED) is 0.865. The van der Waals surface area contributed by atoms with Crippen molar-refractivity contribution in [2.45, 2.75) is 32.7 Å². The zero-order chi connectivity index (χ0) is 17.7. The van der Waals surface area contributed by atoms with E-state index in [4.69, 9.17) is 9.47 Å². The number of nitrogens with one attached hydrogen (secondary N) is 1. The van der Waals surface area contributed by atoms with Crippen LogP contribution >= 0.6 is 0 Å². The molecule has 1 fully saturated rings. The van der Waals surface area contributed by atoms with Crippen LogP contribution in [0, 0.1) is 5.92 Å². The third-order valence-corrected chi connectivity index (χ3v) is 4.28. The first-order valence-electron chi connectivity index (χ1n) is 8.29. The molecule has 0 bridgehead atoms. The van der Waals surface area contributed by atoms with E-state index in [9.17, 15) is 9.59 Å². The van der Waals surface area contributed by atoms with E-state index in [0.29, 0.717) is 17.1 Å². The summed E-state index contributed by atoms with van der Waals surface area (Å²) in [6.07, 6.45) is 2.06. The Hall–Kier alpha value is -2.24. The zero-order valence-electron chi connectivity index (χ0n) is 14.8. The molecule has 1 atom stereocenters. The highest BCUT2D eigenvalue weighted by Gasteiger charge is 2.30. The number of methoxy groups -OCH3 is 2. The van der Waals surface area contributed by atoms with Crippen LogP contribution < -0.4 is 14.8 Å². The number of ether oxygens (including phenoxy) is 2. The summed E-state index contributed by atoms with van der Waals surface area (Å²) < 4.78 is 10.4. The number of carbonyl (C=O) groups is 2. The zero-order valence-corrected chi connectivity index (χ0v) is 14.8. The van der Waals surface area contributed by atoms with Gasteiger partial charge in [-0.3, -0.25) is 9.59 Å². The van der Waals surface area contributed by atoms with Crippen molar-refractivity contribution in [3.05, 3.63) is 23.8 Å². The van der Waals surface area contributed by atoms with Gasteiger partial charge in [0.15, 0.2) is 11.5 Å². The number of carbonyl (C=O) groups excluding carboxylic acids is 2. The van der Waals surface area contributed by atoms with Gasteiger partial charge in [-0.25, -0.2) is 0 Å². The lowest BCUT2D eigenvalue weighted by atomic mass is 10.0. The summed E-state index contributed by atoms with van der Waals surface area (Å²) in [5, 5.41) is 2.87. The third kappa shape index (κ3) is 3.99. The summed E-state index contributed by atoms with van der Waals surface area (Å²) >= 11 is 0. The molecular formula is C18H26N2O4. The van der Waals surface area contributed by atoms with Crippen molar-refractivity contribution in [3.8, 4) is 11.5 Å². The predicted molar refractivity (Wildman–Crippen MR) is 91.5 cm³/mol. The van der Waals surface area contributed by atoms with Crippen LogP contribution in [0.5, 0.6) is 11.5 Å². The van der Waals surface area contributed by atoms with Gasteiger partial charge in [0.1, 0.15) is 6.04 Å². The van der Waals surface area contributed by atoms with Crippen molar-refractivity contribution in [1.29, 1.82) is 0 Å². The van der Waals surface area contributed by atoms with Crippen LogP contribution in [0.4, 0.5) is 0 Å². The van der Waals surface area contributed by atoms with Crippen LogP contribution in [0.1, 0.15) is 37.0 Å². The van der Waals surface area contributed by atoms with Gasteiger partial charge in [-0.1, -0.05) is 13.8 Å². The molecule has 0 radical (unpaired) electrons. The van der Waals surface area contributed by atoms with E-state index in [1.807, 2.05) is 18.7 Å². The summed E-state index contributed by atoms with van der Waals surface area (Å²) in [6, 6.07) is 4.43. The number of amides is 2. The molecule has 1 aliphatic heterocycles. The lowest BCUT2D eigenvalue weighted by Gasteiger charge is -2.26. The van der Waals surface area contributed by atoms with Gasteiger partial charge in [0.25, 0.3) is 5.91 Å². The maximum atomic E-state index is 12.6. The van der Waals surface area contributed by atoms with E-state index in [-0.39, 0.29) is 17.7 Å². The summed E-state index contributed by atoms with van der Waals surface area (Å²) in [5.41, 5.74) is 0.438. The lowest BCUT2D eigenvalue weighted by Crippen LogP contribution is -2.50. The Balaban J connectivity index is 2.14. The molecule has 1 heterocycles. The maximum Gasteiger partial charge on any atom is 0.252 e. The largest absolute Gasteiger partial charge is 0.493 e. The van der Waals surface area contributed by atoms with Crippen LogP contribution in [-0.4, -0.2) is 50.1 Å². The number of benzene rings is 1. The summed E-state index contributed by atoms with van der Waals surface area (Å²) in [4.78, 5) is 27.0. The molecule has 2 amide bonds. The second-order valence-electron chi connectivity index (χ2n) is 6.30. The average Bonchev–Trinajstić information content (AvgIpc) is 3.12. The minimum atomic E-state index is -0.524. The highest BCUT2D eigenvalue weighted by atomic mass is 16.5. The van der Waals surface area contributed by atoms with Crippen molar-refractivity contribution in [1.82, 2.24) is 10.2 Å². The first kappa shape index (κ1) is 18.1. The highest BCUT2D eigenvalue weighted by molar-refractivity contribution is 5.98. The number of rotatable bonds is 6. The van der Waals surface area contributed by atoms with E-state index in [1.54, 1.807) is 25.3 Å². The second-order valence-corrected chi connectivity index (χ2v) is 6.30. The molecule has 2 rings (SSSR count). The van der Waals surface area contributed by atoms with Crippen molar-refractivity contribution >= 4 is 11.8 Å². The van der Waals surface area contributed by atoms with Crippen LogP contribution in [0.25, 0.3) is 0 Å². The van der Waals surface area contributed by atoms with Crippen LogP contribution in [0.15, 0.2) is 18.2 Å². The van der Waals surface area contributed by atoms with Gasteiger partial charge in [0, 0.05) is 18.7 Å². The topological polar surface area (TPSA) is 67.9 Å². The number of likely N-dealkylation sites (tertiary alicyclic amines) is 1. The molecule has 1 N–H and O–H groups in total. The van der Waals surface area contributed by atoms with Crippen molar-refractivity contribution in [3.63, 3.8) is 0 Å². The van der Waals surface area contributed by atoms with Gasteiger partial charge in [0.05, 0.1) is 14.2 Å². The fraction of sp³-hybridized carbons (Fsp3) is 0.556. The maximum absolute atomic E-state index is 12.6. The lowest BCUT2D eigenvalue weighted by molar-refractivity contribution is -0.133. The molecular weight excluding hydrogens is 308 g/mol. The molecule has 0 spiro atoms. The SMILES string of the molecule is COc1ccc(C(=O)N[C@@H](C(=O)N2CCCC2)C(C)C)cc1OC. The average molecular weight is 334 g/mol. The molecule has 24 heavy (non-hydrogen) atoms. The van der Waals surface area contributed by atoms with E-state index in [0.717, 1.165) is 25.9 Å². The van der Waals surface area contributed by atoms with Crippen molar-refractivity contribution in [2.24, 2.45) is 5.92 Å². The van der Waals surface area contributed by atoms with Crippen LogP contribution in [-0.2, 0) is 4.79 Å². The second kappa shape index (κ2) is 8.04. The fourth-order valence-corrected chi connectivity index (χ4v) is 2.85. The Morgan fingerprint density at radius 2 is 1.71 bits per heavy atom. The van der Waals surface area contributed by atoms with Gasteiger partial charge >= 0.3 is 0 Å². The smallest absolute Gasteiger partial charge is 0.252 e. The molecule has 0 aromatic heterocycles. The minimum Gasteiger partial charge on any atom is -0.493 e. The standard InChI is InChI=1S/C18H26N2O4/c1-12(2)16(18(22)20-9-5-6-10-20)19-17(21)13-7-8-14(23-3)15(11-13)24-4/h7-8,11-12,16H,5-6,9-10H2,1-4H3,(H,19,21)/t16-/m1/s1. The molecule has 1 aromatic carbocycles. The molecule has 6 heteroatoms. The van der Waals surface area contributed by atoms with Crippen molar-refractivity contribution in [2.75, 3.05) is 27.3 Å². The molecule has 0 saturated carbocycles. The van der Waals surface area contributed by atoms with Gasteiger partial charge in [-0.15, -0.1) is 0 Å². The normalized spacial score (nSPS) is 15.3. The molecule has 132 valence electrons. The summed E-state index contributed by atoms with van der Waals surface area (Å²) in [6.45, 7) is 5.42. The van der Waals surface area contributed by atoms with E-state index in [2.05, 4.69) is 5.32 Å². The van der Waals surface area contributed by atoms with E-state index >= 15 is 0 Å². The number of hydrogen-bond donors (Lipinski definition) is 1. The Kier molecular flexibility index (Phi) is 6.06. The van der Waals surface area contributed by atoms with Gasteiger partial charge in [0.2, 0.25) is 5.91 Å². The van der Waals surface area contributed by atoms with Gasteiger partial charge in [-0.2, -0.15) is 0 Å². The molecule has 0 unspecified atom stereocenters. The number of hydrogen-bond acceptors (Lipinski definition) is 4. The monoisotopic (exact) mass is 334 g/mol. The molecule has 1 aromatic rings. The molecule has 1 saturated heterocycles. The van der Waals surface area contributed by atoms with E-state index in [1.165, 1.54) is 7.11 Å². The first-order valence-corrected chi connectivity index (χ1v) is 8.29. The molecule has 6 nitrogen and oxygen atoms in total. The minimum absolute atomic E-state index is 0.00340. The van der Waals surface area contributed by atoms with Crippen LogP contribution in [0.3, 0.4) is 0 Å². The predicted octanol–water partition coefficient (Wildman–Crippen LogP) is 2.08. The van der Waals surface area contributed by atoms with E-state index < -0.39 is 6.04 Å². The van der Waals surface area contributed by atoms with Crippen molar-refractivity contribution < 1.29 is 19.1 Å². The Morgan fingerprint density at radius 1 is 1.08 bits per heavy atom. The van der Waals surface area contributed by atoms with Gasteiger partial charge < -0.3 is 19.7 Å². The Labute approximate surface area is 143 Å². The third-order valence-electron chi connectivity index (χ3n) is 4.28. The van der Waals surface area contributed by atoms with Crippen LogP contribution in [0.2, 0.25) is 0 Å². The fourth-order valence-electron chi connectivity index (χ4n) is 2.85. The highest BCUT2D eigenvalue weighted by Crippen LogP contribution is 2.27.